The topological polar surface area (TPSA) is 42.6 Å². The van der Waals surface area contributed by atoms with Gasteiger partial charge in [-0.1, -0.05) is 6.58 Å². The first kappa shape index (κ1) is 23.2. The number of nitrogens with zero attached hydrogens (tertiary/aromatic N) is 4. The van der Waals surface area contributed by atoms with Crippen LogP contribution >= 0.6 is 0 Å². The summed E-state index contributed by atoms with van der Waals surface area (Å²) in [6, 6.07) is 1.72. The van der Waals surface area contributed by atoms with Crippen molar-refractivity contribution in [3.8, 4) is 0 Å². The van der Waals surface area contributed by atoms with Crippen molar-refractivity contribution < 1.29 is 17.9 Å². The van der Waals surface area contributed by atoms with Crippen LogP contribution in [0.25, 0.3) is 5.82 Å². The molecule has 5 nitrogen and oxygen atoms in total. The van der Waals surface area contributed by atoms with Gasteiger partial charge in [0, 0.05) is 18.8 Å². The van der Waals surface area contributed by atoms with Crippen LogP contribution < -0.4 is 0 Å². The lowest BCUT2D eigenvalue weighted by Gasteiger charge is -2.35. The quantitative estimate of drug-likeness (QED) is 0.453. The summed E-state index contributed by atoms with van der Waals surface area (Å²) in [7, 11) is 1.96. The number of aliphatic imine (C=N–C) groups is 1. The van der Waals surface area contributed by atoms with Crippen LogP contribution in [-0.2, 0) is 11.3 Å². The molecule has 0 amide bonds. The molecule has 1 aliphatic carbocycles. The van der Waals surface area contributed by atoms with Crippen LogP contribution in [0.15, 0.2) is 35.5 Å². The van der Waals surface area contributed by atoms with Gasteiger partial charge in [-0.2, -0.15) is 18.3 Å². The van der Waals surface area contributed by atoms with Crippen LogP contribution in [0, 0.1) is 5.41 Å². The number of aromatic nitrogens is 2. The van der Waals surface area contributed by atoms with Gasteiger partial charge in [0.15, 0.2) is 5.82 Å². The molecule has 0 unspecified atom stereocenters. The van der Waals surface area contributed by atoms with Gasteiger partial charge in [0.05, 0.1) is 24.3 Å². The highest BCUT2D eigenvalue weighted by molar-refractivity contribution is 5.99. The Morgan fingerprint density at radius 3 is 2.45 bits per heavy atom. The molecule has 1 aromatic rings. The molecule has 1 saturated carbocycles. The highest BCUT2D eigenvalue weighted by Gasteiger charge is 2.63. The van der Waals surface area contributed by atoms with Crippen molar-refractivity contribution >= 4 is 11.7 Å². The lowest BCUT2D eigenvalue weighted by atomic mass is 10.1. The molecule has 0 aliphatic heterocycles. The average Bonchev–Trinajstić information content (AvgIpc) is 3.26. The van der Waals surface area contributed by atoms with E-state index in [4.69, 9.17) is 9.73 Å². The van der Waals surface area contributed by atoms with Crippen LogP contribution in [0.5, 0.6) is 0 Å². The van der Waals surface area contributed by atoms with Gasteiger partial charge in [-0.3, -0.25) is 0 Å². The van der Waals surface area contributed by atoms with E-state index >= 15 is 0 Å². The van der Waals surface area contributed by atoms with Gasteiger partial charge >= 0.3 is 6.18 Å². The Morgan fingerprint density at radius 2 is 2.00 bits per heavy atom. The van der Waals surface area contributed by atoms with Crippen LogP contribution in [0.2, 0.25) is 0 Å². The molecule has 0 bridgehead atoms. The number of likely N-dealkylation sites (N-methyl/N-ethyl adjacent to an activating group) is 1. The molecule has 0 atom stereocenters. The molecule has 29 heavy (non-hydrogen) atoms. The van der Waals surface area contributed by atoms with E-state index in [1.54, 1.807) is 16.9 Å². The number of allylic oxidation sites excluding steroid dienone is 1. The number of rotatable bonds is 7. The van der Waals surface area contributed by atoms with Gasteiger partial charge in [0.2, 0.25) is 0 Å². The molecule has 2 rings (SSSR count). The number of hydrogen-bond acceptors (Lipinski definition) is 3. The van der Waals surface area contributed by atoms with Gasteiger partial charge in [-0.05, 0) is 65.2 Å². The van der Waals surface area contributed by atoms with E-state index in [-0.39, 0.29) is 31.6 Å². The maximum atomic E-state index is 13.0. The number of amidine groups is 1. The fraction of sp³-hybridized carbons (Fsp3) is 0.619. The molecule has 1 heterocycles. The molecule has 1 aromatic heterocycles. The van der Waals surface area contributed by atoms with E-state index in [0.717, 1.165) is 11.4 Å². The van der Waals surface area contributed by atoms with Crippen molar-refractivity contribution in [2.24, 2.45) is 10.4 Å². The maximum absolute atomic E-state index is 13.0. The maximum Gasteiger partial charge on any atom is 0.396 e. The standard InChI is InChI=1S/C21H31F3N4O/c1-8-17(25-18(15(2)3)27(7)19(4,5)6)28-12-9-16(26-28)13-29-14-20(10-11-20)21(22,23)24/h8-9,12H,2,10-11,13-14H2,1,3-7H3/b17-8+,25-18+. The fourth-order valence-electron chi connectivity index (χ4n) is 2.71. The van der Waals surface area contributed by atoms with Crippen LogP contribution in [0.4, 0.5) is 13.2 Å². The predicted molar refractivity (Wildman–Crippen MR) is 109 cm³/mol. The summed E-state index contributed by atoms with van der Waals surface area (Å²) in [6.07, 6.45) is -0.404. The minimum atomic E-state index is -4.21. The van der Waals surface area contributed by atoms with E-state index in [0.29, 0.717) is 11.5 Å². The van der Waals surface area contributed by atoms with Gasteiger partial charge < -0.3 is 9.64 Å². The Balaban J connectivity index is 2.10. The smallest absolute Gasteiger partial charge is 0.374 e. The zero-order valence-corrected chi connectivity index (χ0v) is 18.1. The van der Waals surface area contributed by atoms with E-state index in [1.165, 1.54) is 0 Å². The minimum Gasteiger partial charge on any atom is -0.374 e. The molecular formula is C21H31F3N4O. The van der Waals surface area contributed by atoms with Crippen LogP contribution in [0.3, 0.4) is 0 Å². The molecule has 0 aromatic carbocycles. The van der Waals surface area contributed by atoms with E-state index < -0.39 is 11.6 Å². The summed E-state index contributed by atoms with van der Waals surface area (Å²) in [5, 5.41) is 4.40. The summed E-state index contributed by atoms with van der Waals surface area (Å²) < 4.78 is 45.9. The summed E-state index contributed by atoms with van der Waals surface area (Å²) in [6.45, 7) is 13.7. The van der Waals surface area contributed by atoms with Crippen molar-refractivity contribution in [3.63, 3.8) is 0 Å². The lowest BCUT2D eigenvalue weighted by molar-refractivity contribution is -0.202. The second-order valence-electron chi connectivity index (χ2n) is 8.61. The van der Waals surface area contributed by atoms with Crippen LogP contribution in [0.1, 0.15) is 53.2 Å². The summed E-state index contributed by atoms with van der Waals surface area (Å²) in [5.74, 6) is 1.33. The monoisotopic (exact) mass is 412 g/mol. The molecule has 0 saturated heterocycles. The normalized spacial score (nSPS) is 17.4. The summed E-state index contributed by atoms with van der Waals surface area (Å²) in [5.41, 5.74) is -0.433. The number of hydrogen-bond donors (Lipinski definition) is 0. The van der Waals surface area contributed by atoms with Gasteiger partial charge in [-0.15, -0.1) is 0 Å². The van der Waals surface area contributed by atoms with Crippen molar-refractivity contribution in [1.29, 1.82) is 0 Å². The highest BCUT2D eigenvalue weighted by atomic mass is 19.4. The van der Waals surface area contributed by atoms with Crippen LogP contribution in [-0.4, -0.2) is 45.9 Å². The Bertz CT molecular complexity index is 796. The summed E-state index contributed by atoms with van der Waals surface area (Å²) >= 11 is 0. The largest absolute Gasteiger partial charge is 0.396 e. The number of halogens is 3. The molecular weight excluding hydrogens is 381 g/mol. The Hall–Kier alpha value is -2.09. The molecule has 1 fully saturated rings. The third-order valence-electron chi connectivity index (χ3n) is 5.15. The lowest BCUT2D eigenvalue weighted by Crippen LogP contribution is -2.43. The molecule has 1 aliphatic rings. The van der Waals surface area contributed by atoms with Crippen molar-refractivity contribution in [2.45, 2.75) is 65.8 Å². The minimum absolute atomic E-state index is 0.0285. The molecule has 0 radical (unpaired) electrons. The first-order valence-electron chi connectivity index (χ1n) is 9.65. The Kier molecular flexibility index (Phi) is 6.67. The summed E-state index contributed by atoms with van der Waals surface area (Å²) in [4.78, 5) is 6.76. The zero-order chi connectivity index (χ0) is 22.0. The molecule has 8 heteroatoms. The van der Waals surface area contributed by atoms with E-state index in [9.17, 15) is 13.2 Å². The Morgan fingerprint density at radius 1 is 1.38 bits per heavy atom. The van der Waals surface area contributed by atoms with Crippen molar-refractivity contribution in [3.05, 3.63) is 36.2 Å². The zero-order valence-electron chi connectivity index (χ0n) is 18.1. The average molecular weight is 413 g/mol. The molecule has 0 spiro atoms. The van der Waals surface area contributed by atoms with Gasteiger partial charge in [0.25, 0.3) is 0 Å². The first-order valence-corrected chi connectivity index (χ1v) is 9.65. The Labute approximate surface area is 170 Å². The number of alkyl halides is 3. The highest BCUT2D eigenvalue weighted by Crippen LogP contribution is 2.57. The third kappa shape index (κ3) is 5.50. The first-order chi connectivity index (χ1) is 13.3. The molecule has 162 valence electrons. The number of ether oxygens (including phenoxy) is 1. The van der Waals surface area contributed by atoms with Gasteiger partial charge in [-0.25, -0.2) is 9.67 Å². The van der Waals surface area contributed by atoms with Crippen molar-refractivity contribution in [1.82, 2.24) is 14.7 Å². The second kappa shape index (κ2) is 8.34. The van der Waals surface area contributed by atoms with Gasteiger partial charge in [0.1, 0.15) is 5.84 Å². The van der Waals surface area contributed by atoms with Crippen molar-refractivity contribution in [2.75, 3.05) is 13.7 Å². The molecule has 0 N–H and O–H groups in total. The fourth-order valence-corrected chi connectivity index (χ4v) is 2.71. The predicted octanol–water partition coefficient (Wildman–Crippen LogP) is 5.27. The SMILES string of the molecule is C=C(C)/C(=N\C(=C/C)n1ccc(COCC2(C(F)(F)F)CC2)n1)N(C)C(C)(C)C. The third-order valence-corrected chi connectivity index (χ3v) is 5.15. The second-order valence-corrected chi connectivity index (χ2v) is 8.61. The van der Waals surface area contributed by atoms with E-state index in [2.05, 4.69) is 32.4 Å². The van der Waals surface area contributed by atoms with E-state index in [1.807, 2.05) is 31.9 Å².